The zero-order chi connectivity index (χ0) is 13.1. The number of likely N-dealkylation sites (N-methyl/N-ethyl adjacent to an activating group) is 1. The van der Waals surface area contributed by atoms with Gasteiger partial charge in [0.15, 0.2) is 0 Å². The number of rotatable bonds is 4. The minimum absolute atomic E-state index is 0.00920. The minimum atomic E-state index is -0.117. The summed E-state index contributed by atoms with van der Waals surface area (Å²) in [7, 11) is 1.68. The zero-order valence-electron chi connectivity index (χ0n) is 10.3. The number of nitrogens with one attached hydrogen (secondary N) is 1. The molecular formula is C13H17BrN2O2. The first kappa shape index (κ1) is 13.4. The molecule has 4 nitrogen and oxygen atoms in total. The molecule has 1 fully saturated rings. The third-order valence-corrected chi connectivity index (χ3v) is 3.71. The van der Waals surface area contributed by atoms with Gasteiger partial charge in [0.25, 0.3) is 0 Å². The summed E-state index contributed by atoms with van der Waals surface area (Å²) < 4.78 is 1.06. The van der Waals surface area contributed by atoms with E-state index in [4.69, 9.17) is 5.11 Å². The lowest BCUT2D eigenvalue weighted by Gasteiger charge is -2.16. The molecule has 1 aliphatic rings. The number of amides is 2. The molecule has 0 bridgehead atoms. The molecule has 2 rings (SSSR count). The van der Waals surface area contributed by atoms with E-state index in [0.717, 1.165) is 10.9 Å². The van der Waals surface area contributed by atoms with Crippen molar-refractivity contribution in [1.29, 1.82) is 0 Å². The Balaban J connectivity index is 1.84. The first-order valence-corrected chi connectivity index (χ1v) is 6.79. The second-order valence-corrected chi connectivity index (χ2v) is 5.51. The van der Waals surface area contributed by atoms with Gasteiger partial charge in [0.05, 0.1) is 6.61 Å². The Morgan fingerprint density at radius 3 is 2.78 bits per heavy atom. The van der Waals surface area contributed by atoms with Crippen molar-refractivity contribution in [2.45, 2.75) is 18.4 Å². The quantitative estimate of drug-likeness (QED) is 0.892. The highest BCUT2D eigenvalue weighted by Crippen LogP contribution is 2.41. The predicted molar refractivity (Wildman–Crippen MR) is 73.5 cm³/mol. The van der Waals surface area contributed by atoms with Gasteiger partial charge >= 0.3 is 6.03 Å². The van der Waals surface area contributed by atoms with Crippen LogP contribution in [0.1, 0.15) is 17.9 Å². The van der Waals surface area contributed by atoms with Gasteiger partial charge in [-0.2, -0.15) is 0 Å². The van der Waals surface area contributed by atoms with Crippen LogP contribution in [0.2, 0.25) is 0 Å². The first-order chi connectivity index (χ1) is 8.61. The molecule has 2 unspecified atom stereocenters. The molecule has 0 heterocycles. The monoisotopic (exact) mass is 312 g/mol. The Hall–Kier alpha value is -1.07. The second-order valence-electron chi connectivity index (χ2n) is 4.59. The molecule has 18 heavy (non-hydrogen) atoms. The number of halogens is 1. The van der Waals surface area contributed by atoms with Crippen molar-refractivity contribution in [2.24, 2.45) is 0 Å². The van der Waals surface area contributed by atoms with Crippen LogP contribution in [-0.4, -0.2) is 42.3 Å². The van der Waals surface area contributed by atoms with Crippen LogP contribution >= 0.6 is 15.9 Å². The van der Waals surface area contributed by atoms with E-state index in [1.54, 1.807) is 7.05 Å². The largest absolute Gasteiger partial charge is 0.395 e. The van der Waals surface area contributed by atoms with Crippen LogP contribution in [0.3, 0.4) is 0 Å². The number of aliphatic hydroxyl groups excluding tert-OH is 1. The number of hydrogen-bond acceptors (Lipinski definition) is 2. The fourth-order valence-corrected chi connectivity index (χ4v) is 2.22. The summed E-state index contributed by atoms with van der Waals surface area (Å²) in [4.78, 5) is 13.2. The maximum Gasteiger partial charge on any atom is 0.317 e. The van der Waals surface area contributed by atoms with Crippen LogP contribution in [-0.2, 0) is 0 Å². The Morgan fingerprint density at radius 2 is 2.17 bits per heavy atom. The van der Waals surface area contributed by atoms with E-state index in [2.05, 4.69) is 33.4 Å². The zero-order valence-corrected chi connectivity index (χ0v) is 11.9. The van der Waals surface area contributed by atoms with E-state index in [1.165, 1.54) is 10.5 Å². The highest BCUT2D eigenvalue weighted by molar-refractivity contribution is 9.10. The number of nitrogens with zero attached hydrogens (tertiary/aromatic N) is 1. The Kier molecular flexibility index (Phi) is 4.24. The highest BCUT2D eigenvalue weighted by atomic mass is 79.9. The van der Waals surface area contributed by atoms with Crippen LogP contribution in [0.4, 0.5) is 4.79 Å². The SMILES string of the molecule is CN(CCO)C(=O)NC1CC1c1ccc(Br)cc1. The molecule has 1 aliphatic carbocycles. The molecular weight excluding hydrogens is 296 g/mol. The van der Waals surface area contributed by atoms with Gasteiger partial charge in [0, 0.05) is 30.0 Å². The van der Waals surface area contributed by atoms with Crippen molar-refractivity contribution in [1.82, 2.24) is 10.2 Å². The van der Waals surface area contributed by atoms with Gasteiger partial charge in [-0.3, -0.25) is 0 Å². The molecule has 5 heteroatoms. The fraction of sp³-hybridized carbons (Fsp3) is 0.462. The lowest BCUT2D eigenvalue weighted by molar-refractivity contribution is 0.190. The first-order valence-electron chi connectivity index (χ1n) is 5.99. The normalized spacial score (nSPS) is 21.5. The average molecular weight is 313 g/mol. The van der Waals surface area contributed by atoms with E-state index in [1.807, 2.05) is 12.1 Å². The van der Waals surface area contributed by atoms with Crippen LogP contribution in [0.25, 0.3) is 0 Å². The van der Waals surface area contributed by atoms with Crippen molar-refractivity contribution >= 4 is 22.0 Å². The maximum absolute atomic E-state index is 11.7. The minimum Gasteiger partial charge on any atom is -0.395 e. The molecule has 0 aliphatic heterocycles. The molecule has 1 saturated carbocycles. The molecule has 1 aromatic carbocycles. The van der Waals surface area contributed by atoms with Crippen LogP contribution < -0.4 is 5.32 Å². The summed E-state index contributed by atoms with van der Waals surface area (Å²) in [6, 6.07) is 8.31. The maximum atomic E-state index is 11.7. The van der Waals surface area contributed by atoms with Crippen molar-refractivity contribution in [3.63, 3.8) is 0 Å². The number of urea groups is 1. The topological polar surface area (TPSA) is 52.6 Å². The van der Waals surface area contributed by atoms with Crippen LogP contribution in [0, 0.1) is 0 Å². The standard InChI is InChI=1S/C13H17BrN2O2/c1-16(6-7-17)13(18)15-12-8-11(12)9-2-4-10(14)5-3-9/h2-5,11-12,17H,6-8H2,1H3,(H,15,18). The summed E-state index contributed by atoms with van der Waals surface area (Å²) in [5.74, 6) is 0.421. The van der Waals surface area contributed by atoms with Crippen molar-refractivity contribution in [3.8, 4) is 0 Å². The van der Waals surface area contributed by atoms with Gasteiger partial charge in [0.2, 0.25) is 0 Å². The Labute approximate surface area is 115 Å². The molecule has 2 amide bonds. The van der Waals surface area contributed by atoms with Crippen molar-refractivity contribution in [3.05, 3.63) is 34.3 Å². The number of aliphatic hydroxyl groups is 1. The van der Waals surface area contributed by atoms with Gasteiger partial charge < -0.3 is 15.3 Å². The lowest BCUT2D eigenvalue weighted by Crippen LogP contribution is -2.40. The summed E-state index contributed by atoms with van der Waals surface area (Å²) >= 11 is 3.41. The van der Waals surface area contributed by atoms with Crippen molar-refractivity contribution in [2.75, 3.05) is 20.2 Å². The number of carbonyl (C=O) groups excluding carboxylic acids is 1. The molecule has 1 aromatic rings. The average Bonchev–Trinajstić information content (AvgIpc) is 3.09. The summed E-state index contributed by atoms with van der Waals surface area (Å²) in [5.41, 5.74) is 1.26. The van der Waals surface area contributed by atoms with Crippen LogP contribution in [0.15, 0.2) is 28.7 Å². The van der Waals surface area contributed by atoms with Gasteiger partial charge in [-0.1, -0.05) is 28.1 Å². The molecule has 0 radical (unpaired) electrons. The smallest absolute Gasteiger partial charge is 0.317 e. The lowest BCUT2D eigenvalue weighted by atomic mass is 10.1. The number of benzene rings is 1. The molecule has 0 aromatic heterocycles. The van der Waals surface area contributed by atoms with Crippen molar-refractivity contribution < 1.29 is 9.90 Å². The third-order valence-electron chi connectivity index (χ3n) is 3.18. The predicted octanol–water partition coefficient (Wildman–Crippen LogP) is 1.94. The number of hydrogen-bond donors (Lipinski definition) is 2. The Morgan fingerprint density at radius 1 is 1.50 bits per heavy atom. The van der Waals surface area contributed by atoms with Gasteiger partial charge in [-0.25, -0.2) is 4.79 Å². The summed E-state index contributed by atoms with van der Waals surface area (Å²) in [5, 5.41) is 11.7. The molecule has 0 saturated heterocycles. The molecule has 2 atom stereocenters. The molecule has 0 spiro atoms. The van der Waals surface area contributed by atoms with Gasteiger partial charge in [0.1, 0.15) is 0 Å². The third kappa shape index (κ3) is 3.23. The van der Waals surface area contributed by atoms with Gasteiger partial charge in [-0.15, -0.1) is 0 Å². The van der Waals surface area contributed by atoms with E-state index in [-0.39, 0.29) is 18.7 Å². The van der Waals surface area contributed by atoms with Gasteiger partial charge in [-0.05, 0) is 24.1 Å². The fourth-order valence-electron chi connectivity index (χ4n) is 1.95. The summed E-state index contributed by atoms with van der Waals surface area (Å²) in [6.07, 6.45) is 0.986. The van der Waals surface area contributed by atoms with E-state index < -0.39 is 0 Å². The van der Waals surface area contributed by atoms with E-state index in [9.17, 15) is 4.79 Å². The summed E-state index contributed by atoms with van der Waals surface area (Å²) in [6.45, 7) is 0.353. The second kappa shape index (κ2) is 5.71. The molecule has 98 valence electrons. The van der Waals surface area contributed by atoms with E-state index in [0.29, 0.717) is 12.5 Å². The Bertz CT molecular complexity index is 422. The highest BCUT2D eigenvalue weighted by Gasteiger charge is 2.39. The number of carbonyl (C=O) groups is 1. The van der Waals surface area contributed by atoms with Crippen LogP contribution in [0.5, 0.6) is 0 Å². The molecule has 2 N–H and O–H groups in total. The van der Waals surface area contributed by atoms with E-state index >= 15 is 0 Å².